The van der Waals surface area contributed by atoms with Gasteiger partial charge in [-0.25, -0.2) is 4.79 Å². The highest BCUT2D eigenvalue weighted by Gasteiger charge is 2.35. The molecule has 0 amide bonds. The third-order valence-corrected chi connectivity index (χ3v) is 5.35. The lowest BCUT2D eigenvalue weighted by Gasteiger charge is -2.31. The van der Waals surface area contributed by atoms with Gasteiger partial charge >= 0.3 is 5.97 Å². The van der Waals surface area contributed by atoms with E-state index in [1.165, 1.54) is 7.11 Å². The minimum atomic E-state index is -0.920. The summed E-state index contributed by atoms with van der Waals surface area (Å²) in [7, 11) is 1.20. The fourth-order valence-corrected chi connectivity index (χ4v) is 3.82. The van der Waals surface area contributed by atoms with Crippen molar-refractivity contribution in [3.63, 3.8) is 0 Å². The molecule has 150 valence electrons. The maximum Gasteiger partial charge on any atom is 0.379 e. The molecule has 1 aliphatic rings. The molecule has 0 bridgehead atoms. The van der Waals surface area contributed by atoms with Crippen LogP contribution in [0.25, 0.3) is 16.5 Å². The van der Waals surface area contributed by atoms with E-state index in [-0.39, 0.29) is 5.57 Å². The normalized spacial score (nSPS) is 16.1. The van der Waals surface area contributed by atoms with Gasteiger partial charge in [0.2, 0.25) is 0 Å². The number of hydrogen-bond acceptors (Lipinski definition) is 4. The Balaban J connectivity index is 1.92. The van der Waals surface area contributed by atoms with Crippen molar-refractivity contribution >= 4 is 45.6 Å². The quantitative estimate of drug-likeness (QED) is 0.383. The average Bonchev–Trinajstić information content (AvgIpc) is 2.77. The summed E-state index contributed by atoms with van der Waals surface area (Å²) in [5.74, 6) is -1.63. The number of aryl methyl sites for hydroxylation is 1. The summed E-state index contributed by atoms with van der Waals surface area (Å²) in [6.45, 7) is 1.98. The van der Waals surface area contributed by atoms with E-state index in [1.54, 1.807) is 0 Å². The first-order chi connectivity index (χ1) is 14.5. The molecule has 0 fully saturated rings. The van der Waals surface area contributed by atoms with Crippen LogP contribution < -0.4 is 10.6 Å². The summed E-state index contributed by atoms with van der Waals surface area (Å²) in [4.78, 5) is 25.3. The predicted molar refractivity (Wildman–Crippen MR) is 121 cm³/mol. The number of ketones is 1. The van der Waals surface area contributed by atoms with Crippen molar-refractivity contribution in [1.82, 2.24) is 10.6 Å². The van der Waals surface area contributed by atoms with Gasteiger partial charge in [0, 0.05) is 0 Å². The second-order valence-corrected chi connectivity index (χ2v) is 7.52. The molecule has 3 aromatic carbocycles. The van der Waals surface area contributed by atoms with Crippen molar-refractivity contribution in [2.24, 2.45) is 0 Å². The van der Waals surface area contributed by atoms with Gasteiger partial charge in [-0.2, -0.15) is 0 Å². The minimum Gasteiger partial charge on any atom is -0.463 e. The number of methoxy groups -OCH3 is 1. The first kappa shape index (κ1) is 19.8. The molecule has 0 aromatic heterocycles. The molecular weight excluding hydrogens is 396 g/mol. The maximum atomic E-state index is 13.1. The molecule has 0 spiro atoms. The van der Waals surface area contributed by atoms with Crippen molar-refractivity contribution in [2.45, 2.75) is 13.0 Å². The Hall–Kier alpha value is -3.51. The number of rotatable bonds is 4. The topological polar surface area (TPSA) is 67.4 Å². The first-order valence-corrected chi connectivity index (χ1v) is 9.89. The van der Waals surface area contributed by atoms with Crippen LogP contribution in [0.5, 0.6) is 0 Å². The molecule has 3 aromatic rings. The minimum absolute atomic E-state index is 0.273. The van der Waals surface area contributed by atoms with Gasteiger partial charge in [0.15, 0.2) is 5.11 Å². The zero-order valence-electron chi connectivity index (χ0n) is 16.6. The second kappa shape index (κ2) is 8.08. The van der Waals surface area contributed by atoms with Crippen LogP contribution in [-0.4, -0.2) is 24.0 Å². The molecule has 1 heterocycles. The molecule has 30 heavy (non-hydrogen) atoms. The number of Topliss-reactive ketones (excluding diaryl/α,β-unsaturated/α-hetero) is 1. The number of esters is 1. The molecule has 0 saturated carbocycles. The predicted octanol–water partition coefficient (Wildman–Crippen LogP) is 3.82. The van der Waals surface area contributed by atoms with Gasteiger partial charge in [0.05, 0.1) is 24.4 Å². The van der Waals surface area contributed by atoms with E-state index in [0.29, 0.717) is 10.8 Å². The van der Waals surface area contributed by atoms with E-state index in [4.69, 9.17) is 17.0 Å². The van der Waals surface area contributed by atoms with E-state index < -0.39 is 17.8 Å². The number of carbonyl (C=O) groups is 2. The molecule has 1 atom stereocenters. The van der Waals surface area contributed by atoms with Crippen molar-refractivity contribution in [2.75, 3.05) is 7.11 Å². The number of carbonyl (C=O) groups excluding carboxylic acids is 2. The Morgan fingerprint density at radius 1 is 0.967 bits per heavy atom. The van der Waals surface area contributed by atoms with Crippen LogP contribution in [0.15, 0.2) is 72.3 Å². The summed E-state index contributed by atoms with van der Waals surface area (Å²) >= 11 is 5.43. The lowest BCUT2D eigenvalue weighted by atomic mass is 9.89. The average molecular weight is 417 g/mol. The molecule has 0 radical (unpaired) electrons. The van der Waals surface area contributed by atoms with E-state index in [9.17, 15) is 9.59 Å². The van der Waals surface area contributed by atoms with Crippen LogP contribution in [-0.2, 0) is 14.3 Å². The van der Waals surface area contributed by atoms with E-state index in [0.717, 1.165) is 27.5 Å². The van der Waals surface area contributed by atoms with Crippen LogP contribution in [0.3, 0.4) is 0 Å². The van der Waals surface area contributed by atoms with Gasteiger partial charge in [-0.05, 0) is 47.1 Å². The van der Waals surface area contributed by atoms with Crippen LogP contribution in [0.4, 0.5) is 0 Å². The third kappa shape index (κ3) is 3.69. The summed E-state index contributed by atoms with van der Waals surface area (Å²) in [6, 6.07) is 21.0. The van der Waals surface area contributed by atoms with E-state index in [1.807, 2.05) is 73.7 Å². The molecule has 5 nitrogen and oxygen atoms in total. The second-order valence-electron chi connectivity index (χ2n) is 7.11. The van der Waals surface area contributed by atoms with Crippen LogP contribution in [0.1, 0.15) is 22.7 Å². The lowest BCUT2D eigenvalue weighted by Crippen LogP contribution is -2.46. The van der Waals surface area contributed by atoms with E-state index >= 15 is 0 Å². The largest absolute Gasteiger partial charge is 0.463 e. The van der Waals surface area contributed by atoms with Gasteiger partial charge < -0.3 is 15.4 Å². The molecular formula is C24H20N2O3S. The molecule has 1 aliphatic heterocycles. The highest BCUT2D eigenvalue weighted by Crippen LogP contribution is 2.33. The Labute approximate surface area is 179 Å². The molecule has 6 heteroatoms. The van der Waals surface area contributed by atoms with Crippen molar-refractivity contribution in [3.8, 4) is 0 Å². The fourth-order valence-electron chi connectivity index (χ4n) is 3.60. The Bertz CT molecular complexity index is 1200. The summed E-state index contributed by atoms with van der Waals surface area (Å²) in [6.07, 6.45) is 0. The number of fused-ring (bicyclic) bond motifs is 1. The lowest BCUT2D eigenvalue weighted by molar-refractivity contribution is -0.150. The number of hydrogen-bond donors (Lipinski definition) is 2. The van der Waals surface area contributed by atoms with Crippen molar-refractivity contribution in [3.05, 3.63) is 89.0 Å². The Morgan fingerprint density at radius 2 is 1.67 bits per heavy atom. The molecule has 0 unspecified atom stereocenters. The number of benzene rings is 3. The number of ether oxygens (including phenoxy) is 1. The van der Waals surface area contributed by atoms with Crippen LogP contribution in [0, 0.1) is 6.92 Å². The van der Waals surface area contributed by atoms with Gasteiger partial charge in [0.25, 0.3) is 5.78 Å². The van der Waals surface area contributed by atoms with Crippen LogP contribution in [0.2, 0.25) is 0 Å². The Morgan fingerprint density at radius 3 is 2.37 bits per heavy atom. The molecule has 0 saturated heterocycles. The SMILES string of the molecule is COC(=O)C(=O)C1=C(c2ccc(C)cc2)NC(=S)N[C@@H]1c1ccc2ccccc2c1. The van der Waals surface area contributed by atoms with Gasteiger partial charge in [0.1, 0.15) is 0 Å². The summed E-state index contributed by atoms with van der Waals surface area (Å²) < 4.78 is 4.74. The summed E-state index contributed by atoms with van der Waals surface area (Å²) in [5.41, 5.74) is 3.46. The van der Waals surface area contributed by atoms with Crippen LogP contribution >= 0.6 is 12.2 Å². The van der Waals surface area contributed by atoms with Crippen molar-refractivity contribution < 1.29 is 14.3 Å². The smallest absolute Gasteiger partial charge is 0.379 e. The van der Waals surface area contributed by atoms with E-state index in [2.05, 4.69) is 10.6 Å². The highest BCUT2D eigenvalue weighted by atomic mass is 32.1. The van der Waals surface area contributed by atoms with Crippen molar-refractivity contribution in [1.29, 1.82) is 0 Å². The molecule has 0 aliphatic carbocycles. The first-order valence-electron chi connectivity index (χ1n) is 9.48. The monoisotopic (exact) mass is 416 g/mol. The zero-order chi connectivity index (χ0) is 21.3. The number of nitrogens with one attached hydrogen (secondary N) is 2. The standard InChI is InChI=1S/C24H20N2O3S/c1-14-7-9-16(10-8-14)20-19(22(27)23(28)29-2)21(26-24(30)25-20)18-12-11-15-5-3-4-6-17(15)13-18/h3-13,21H,1-2H3,(H2,25,26,30)/t21-/m1/s1. The zero-order valence-corrected chi connectivity index (χ0v) is 17.4. The maximum absolute atomic E-state index is 13.1. The Kier molecular flexibility index (Phi) is 5.33. The third-order valence-electron chi connectivity index (χ3n) is 5.13. The molecule has 2 N–H and O–H groups in total. The fraction of sp³-hybridized carbons (Fsp3) is 0.125. The van der Waals surface area contributed by atoms with Gasteiger partial charge in [-0.3, -0.25) is 4.79 Å². The highest BCUT2D eigenvalue weighted by molar-refractivity contribution is 7.80. The molecule has 4 rings (SSSR count). The summed E-state index contributed by atoms with van der Waals surface area (Å²) in [5, 5.41) is 8.72. The van der Waals surface area contributed by atoms with Gasteiger partial charge in [-0.15, -0.1) is 0 Å². The van der Waals surface area contributed by atoms with Gasteiger partial charge in [-0.1, -0.05) is 66.2 Å². The number of thiocarbonyl (C=S) groups is 1.